The predicted octanol–water partition coefficient (Wildman–Crippen LogP) is 5.08. The van der Waals surface area contributed by atoms with Crippen LogP contribution in [0.4, 0.5) is 5.69 Å². The number of hydrogen-bond donors (Lipinski definition) is 1. The summed E-state index contributed by atoms with van der Waals surface area (Å²) >= 11 is 5.42. The van der Waals surface area contributed by atoms with E-state index < -0.39 is 0 Å². The molecule has 0 radical (unpaired) electrons. The number of rotatable bonds is 3. The second-order valence-electron chi connectivity index (χ2n) is 5.15. The van der Waals surface area contributed by atoms with Crippen LogP contribution in [0.3, 0.4) is 0 Å². The van der Waals surface area contributed by atoms with Gasteiger partial charge in [-0.15, -0.1) is 0 Å². The van der Waals surface area contributed by atoms with Crippen LogP contribution >= 0.6 is 27.7 Å². The highest BCUT2D eigenvalue weighted by Crippen LogP contribution is 2.36. The maximum Gasteiger partial charge on any atom is 0.161 e. The molecule has 0 bridgehead atoms. The van der Waals surface area contributed by atoms with Gasteiger partial charge in [-0.1, -0.05) is 47.6 Å². The van der Waals surface area contributed by atoms with Crippen molar-refractivity contribution in [3.8, 4) is 0 Å². The molecule has 1 heterocycles. The summed E-state index contributed by atoms with van der Waals surface area (Å²) in [7, 11) is 0. The predicted molar refractivity (Wildman–Crippen MR) is 90.3 cm³/mol. The van der Waals surface area contributed by atoms with Gasteiger partial charge in [0, 0.05) is 22.5 Å². The minimum absolute atomic E-state index is 0.405. The van der Waals surface area contributed by atoms with Crippen molar-refractivity contribution < 1.29 is 0 Å². The number of nitrogens with one attached hydrogen (secondary N) is 1. The van der Waals surface area contributed by atoms with Crippen molar-refractivity contribution in [3.63, 3.8) is 0 Å². The Labute approximate surface area is 128 Å². The molecule has 0 spiro atoms. The molecule has 0 saturated heterocycles. The summed E-state index contributed by atoms with van der Waals surface area (Å²) in [5.74, 6) is 1.17. The van der Waals surface area contributed by atoms with Crippen molar-refractivity contribution in [2.24, 2.45) is 10.4 Å². The van der Waals surface area contributed by atoms with Crippen LogP contribution in [-0.2, 0) is 0 Å². The van der Waals surface area contributed by atoms with E-state index in [-0.39, 0.29) is 0 Å². The average molecular weight is 341 g/mol. The average Bonchev–Trinajstić information content (AvgIpc) is 2.45. The number of aliphatic imine (C=N–C) groups is 1. The van der Waals surface area contributed by atoms with Gasteiger partial charge in [0.05, 0.1) is 0 Å². The number of hydrogen-bond acceptors (Lipinski definition) is 3. The summed E-state index contributed by atoms with van der Waals surface area (Å²) in [6.45, 7) is 7.61. The van der Waals surface area contributed by atoms with Crippen molar-refractivity contribution in [2.45, 2.75) is 33.6 Å². The van der Waals surface area contributed by atoms with E-state index >= 15 is 0 Å². The number of halogens is 1. The summed E-state index contributed by atoms with van der Waals surface area (Å²) in [5.41, 5.74) is 2.78. The Morgan fingerprint density at radius 3 is 2.68 bits per heavy atom. The Morgan fingerprint density at radius 2 is 2.11 bits per heavy atom. The van der Waals surface area contributed by atoms with E-state index in [1.807, 2.05) is 11.8 Å². The van der Waals surface area contributed by atoms with Gasteiger partial charge < -0.3 is 5.32 Å². The van der Waals surface area contributed by atoms with Crippen LogP contribution in [-0.4, -0.2) is 17.5 Å². The molecule has 1 aromatic rings. The van der Waals surface area contributed by atoms with Crippen LogP contribution < -0.4 is 5.32 Å². The van der Waals surface area contributed by atoms with Crippen molar-refractivity contribution >= 4 is 38.5 Å². The zero-order chi connectivity index (χ0) is 13.9. The molecule has 4 heteroatoms. The quantitative estimate of drug-likeness (QED) is 0.829. The molecule has 0 fully saturated rings. The third-order valence-electron chi connectivity index (χ3n) is 4.08. The topological polar surface area (TPSA) is 24.4 Å². The molecule has 1 aliphatic heterocycles. The van der Waals surface area contributed by atoms with Crippen molar-refractivity contribution in [3.05, 3.63) is 28.2 Å². The first-order chi connectivity index (χ1) is 9.10. The number of amidine groups is 1. The Kier molecular flexibility index (Phi) is 4.96. The lowest BCUT2D eigenvalue weighted by Gasteiger charge is -2.33. The van der Waals surface area contributed by atoms with Gasteiger partial charge in [0.2, 0.25) is 0 Å². The molecule has 0 saturated carbocycles. The van der Waals surface area contributed by atoms with E-state index in [9.17, 15) is 0 Å². The highest BCUT2D eigenvalue weighted by molar-refractivity contribution is 9.10. The van der Waals surface area contributed by atoms with E-state index in [0.717, 1.165) is 21.9 Å². The number of nitrogens with zero attached hydrogens (tertiary/aromatic N) is 1. The van der Waals surface area contributed by atoms with Gasteiger partial charge in [0.1, 0.15) is 0 Å². The zero-order valence-corrected chi connectivity index (χ0v) is 14.2. The SMILES string of the molecule is CCC1(CC)CN=C(Nc2cccc(Br)c2C)SC1. The molecule has 104 valence electrons. The summed E-state index contributed by atoms with van der Waals surface area (Å²) in [6.07, 6.45) is 2.42. The molecule has 1 aliphatic rings. The Balaban J connectivity index is 2.09. The first-order valence-electron chi connectivity index (χ1n) is 6.79. The summed E-state index contributed by atoms with van der Waals surface area (Å²) in [5, 5.41) is 4.51. The standard InChI is InChI=1S/C15H21BrN2S/c1-4-15(5-2)9-17-14(19-10-15)18-13-8-6-7-12(16)11(13)3/h6-8H,4-5,9-10H2,1-3H3,(H,17,18). The van der Waals surface area contributed by atoms with E-state index in [1.54, 1.807) is 0 Å². The fourth-order valence-electron chi connectivity index (χ4n) is 2.16. The Bertz CT molecular complexity index is 481. The molecule has 19 heavy (non-hydrogen) atoms. The maximum atomic E-state index is 4.74. The fourth-order valence-corrected chi connectivity index (χ4v) is 3.81. The van der Waals surface area contributed by atoms with Gasteiger partial charge >= 0.3 is 0 Å². The first-order valence-corrected chi connectivity index (χ1v) is 8.57. The zero-order valence-electron chi connectivity index (χ0n) is 11.8. The molecule has 2 nitrogen and oxygen atoms in total. The van der Waals surface area contributed by atoms with Crippen molar-refractivity contribution in [1.82, 2.24) is 0 Å². The summed E-state index contributed by atoms with van der Waals surface area (Å²) in [6, 6.07) is 6.22. The van der Waals surface area contributed by atoms with Gasteiger partial charge in [-0.2, -0.15) is 0 Å². The smallest absolute Gasteiger partial charge is 0.161 e. The van der Waals surface area contributed by atoms with E-state index in [2.05, 4.69) is 60.2 Å². The van der Waals surface area contributed by atoms with Crippen molar-refractivity contribution in [1.29, 1.82) is 0 Å². The highest BCUT2D eigenvalue weighted by Gasteiger charge is 2.30. The third-order valence-corrected chi connectivity index (χ3v) is 6.20. The number of thioether (sulfide) groups is 1. The van der Waals surface area contributed by atoms with Gasteiger partial charge in [-0.05, 0) is 42.9 Å². The minimum atomic E-state index is 0.405. The molecule has 1 N–H and O–H groups in total. The molecular weight excluding hydrogens is 320 g/mol. The van der Waals surface area contributed by atoms with Gasteiger partial charge in [-0.25, -0.2) is 0 Å². The summed E-state index contributed by atoms with van der Waals surface area (Å²) < 4.78 is 1.13. The van der Waals surface area contributed by atoms with Crippen LogP contribution in [0.15, 0.2) is 27.7 Å². The van der Waals surface area contributed by atoms with E-state index in [1.165, 1.54) is 24.2 Å². The fraction of sp³-hybridized carbons (Fsp3) is 0.533. The lowest BCUT2D eigenvalue weighted by molar-refractivity contribution is 0.318. The lowest BCUT2D eigenvalue weighted by atomic mass is 9.84. The molecule has 0 amide bonds. The maximum absolute atomic E-state index is 4.74. The number of anilines is 1. The van der Waals surface area contributed by atoms with E-state index in [4.69, 9.17) is 4.99 Å². The molecule has 0 atom stereocenters. The molecule has 1 aromatic carbocycles. The highest BCUT2D eigenvalue weighted by atomic mass is 79.9. The van der Waals surface area contributed by atoms with Crippen LogP contribution in [0.2, 0.25) is 0 Å². The normalized spacial score (nSPS) is 18.0. The van der Waals surface area contributed by atoms with Gasteiger partial charge in [-0.3, -0.25) is 4.99 Å². The second-order valence-corrected chi connectivity index (χ2v) is 6.97. The van der Waals surface area contributed by atoms with Crippen molar-refractivity contribution in [2.75, 3.05) is 17.6 Å². The van der Waals surface area contributed by atoms with Gasteiger partial charge in [0.25, 0.3) is 0 Å². The summed E-state index contributed by atoms with van der Waals surface area (Å²) in [4.78, 5) is 4.74. The minimum Gasteiger partial charge on any atom is -0.335 e. The van der Waals surface area contributed by atoms with Crippen LogP contribution in [0.25, 0.3) is 0 Å². The van der Waals surface area contributed by atoms with Crippen LogP contribution in [0, 0.1) is 12.3 Å². The molecule has 0 aromatic heterocycles. The first kappa shape index (κ1) is 14.9. The Hall–Kier alpha value is -0.480. The molecule has 2 rings (SSSR count). The second kappa shape index (κ2) is 6.31. The molecule has 0 unspecified atom stereocenters. The monoisotopic (exact) mass is 340 g/mol. The Morgan fingerprint density at radius 1 is 1.37 bits per heavy atom. The van der Waals surface area contributed by atoms with E-state index in [0.29, 0.717) is 5.41 Å². The molecular formula is C15H21BrN2S. The van der Waals surface area contributed by atoms with Gasteiger partial charge in [0.15, 0.2) is 5.17 Å². The van der Waals surface area contributed by atoms with Crippen LogP contribution in [0.5, 0.6) is 0 Å². The van der Waals surface area contributed by atoms with Crippen LogP contribution in [0.1, 0.15) is 32.3 Å². The third kappa shape index (κ3) is 3.34. The largest absolute Gasteiger partial charge is 0.335 e. The number of benzene rings is 1. The lowest BCUT2D eigenvalue weighted by Crippen LogP contribution is -2.32. The molecule has 0 aliphatic carbocycles.